The van der Waals surface area contributed by atoms with E-state index in [1.807, 2.05) is 27.7 Å². The Morgan fingerprint density at radius 3 is 2.42 bits per heavy atom. The second kappa shape index (κ2) is 5.36. The highest BCUT2D eigenvalue weighted by Gasteiger charge is 2.47. The van der Waals surface area contributed by atoms with E-state index in [1.54, 1.807) is 4.90 Å². The van der Waals surface area contributed by atoms with Gasteiger partial charge >= 0.3 is 6.09 Å². The maximum absolute atomic E-state index is 12.1. The maximum Gasteiger partial charge on any atom is 0.410 e. The monoisotopic (exact) mass is 271 g/mol. The summed E-state index contributed by atoms with van der Waals surface area (Å²) in [4.78, 5) is 24.9. The van der Waals surface area contributed by atoms with Gasteiger partial charge in [0.25, 0.3) is 0 Å². The summed E-state index contributed by atoms with van der Waals surface area (Å²) in [6, 6.07) is -0.213. The number of carbonyl (C=O) groups is 2. The molecule has 1 rings (SSSR count). The SMILES string of the molecule is CCC1N(C(=O)OC(C)(C)C)CCC1(N)CC(N)=O. The molecule has 0 aliphatic carbocycles. The number of primary amides is 1. The van der Waals surface area contributed by atoms with Gasteiger partial charge in [0.1, 0.15) is 5.60 Å². The van der Waals surface area contributed by atoms with E-state index in [1.165, 1.54) is 0 Å². The Morgan fingerprint density at radius 2 is 2.00 bits per heavy atom. The van der Waals surface area contributed by atoms with Crippen LogP contribution in [0.15, 0.2) is 0 Å². The van der Waals surface area contributed by atoms with Crippen molar-refractivity contribution >= 4 is 12.0 Å². The molecule has 6 heteroatoms. The fourth-order valence-corrected chi connectivity index (χ4v) is 2.66. The van der Waals surface area contributed by atoms with Crippen LogP contribution in [0.3, 0.4) is 0 Å². The van der Waals surface area contributed by atoms with Gasteiger partial charge in [-0.15, -0.1) is 0 Å². The Balaban J connectivity index is 2.82. The molecule has 0 aromatic heterocycles. The topological polar surface area (TPSA) is 98.7 Å². The van der Waals surface area contributed by atoms with Crippen LogP contribution in [-0.4, -0.2) is 40.6 Å². The van der Waals surface area contributed by atoms with Gasteiger partial charge in [0.05, 0.1) is 6.04 Å². The summed E-state index contributed by atoms with van der Waals surface area (Å²) in [5.41, 5.74) is 10.2. The largest absolute Gasteiger partial charge is 0.444 e. The lowest BCUT2D eigenvalue weighted by atomic mass is 9.86. The van der Waals surface area contributed by atoms with Crippen LogP contribution in [0.25, 0.3) is 0 Å². The Hall–Kier alpha value is -1.30. The van der Waals surface area contributed by atoms with Gasteiger partial charge in [0, 0.05) is 18.5 Å². The summed E-state index contributed by atoms with van der Waals surface area (Å²) in [5, 5.41) is 0. The molecule has 0 spiro atoms. The summed E-state index contributed by atoms with van der Waals surface area (Å²) in [7, 11) is 0. The minimum Gasteiger partial charge on any atom is -0.444 e. The highest BCUT2D eigenvalue weighted by molar-refractivity contribution is 5.76. The second-order valence-electron chi connectivity index (χ2n) is 6.22. The van der Waals surface area contributed by atoms with Gasteiger partial charge in [-0.25, -0.2) is 4.79 Å². The number of likely N-dealkylation sites (tertiary alicyclic amines) is 1. The molecule has 0 aromatic carbocycles. The first-order chi connectivity index (χ1) is 8.59. The quantitative estimate of drug-likeness (QED) is 0.799. The molecule has 1 aliphatic rings. The second-order valence-corrected chi connectivity index (χ2v) is 6.22. The van der Waals surface area contributed by atoms with Crippen molar-refractivity contribution in [2.45, 2.75) is 64.1 Å². The van der Waals surface area contributed by atoms with E-state index >= 15 is 0 Å². The minimum absolute atomic E-state index is 0.0881. The van der Waals surface area contributed by atoms with E-state index in [2.05, 4.69) is 0 Å². The molecule has 1 heterocycles. The van der Waals surface area contributed by atoms with Gasteiger partial charge in [-0.3, -0.25) is 4.79 Å². The zero-order chi connectivity index (χ0) is 14.8. The third-order valence-corrected chi connectivity index (χ3v) is 3.38. The highest BCUT2D eigenvalue weighted by Crippen LogP contribution is 2.32. The molecular formula is C13H25N3O3. The maximum atomic E-state index is 12.1. The Labute approximate surface area is 114 Å². The van der Waals surface area contributed by atoms with Crippen LogP contribution in [0.5, 0.6) is 0 Å². The molecule has 4 N–H and O–H groups in total. The lowest BCUT2D eigenvalue weighted by molar-refractivity contribution is -0.119. The predicted octanol–water partition coefficient (Wildman–Crippen LogP) is 0.979. The van der Waals surface area contributed by atoms with Crippen molar-refractivity contribution in [3.8, 4) is 0 Å². The van der Waals surface area contributed by atoms with Gasteiger partial charge < -0.3 is 21.1 Å². The molecule has 0 aromatic rings. The molecule has 1 saturated heterocycles. The highest BCUT2D eigenvalue weighted by atomic mass is 16.6. The number of rotatable bonds is 3. The molecule has 2 unspecified atom stereocenters. The van der Waals surface area contributed by atoms with Crippen LogP contribution >= 0.6 is 0 Å². The van der Waals surface area contributed by atoms with E-state index in [4.69, 9.17) is 16.2 Å². The van der Waals surface area contributed by atoms with Crippen molar-refractivity contribution in [3.05, 3.63) is 0 Å². The molecule has 6 nitrogen and oxygen atoms in total. The first-order valence-electron chi connectivity index (χ1n) is 6.66. The van der Waals surface area contributed by atoms with Crippen LogP contribution in [0.1, 0.15) is 47.0 Å². The normalized spacial score (nSPS) is 27.4. The van der Waals surface area contributed by atoms with E-state index < -0.39 is 17.0 Å². The number of nitrogens with zero attached hydrogens (tertiary/aromatic N) is 1. The van der Waals surface area contributed by atoms with Gasteiger partial charge in [0.15, 0.2) is 0 Å². The molecule has 1 fully saturated rings. The van der Waals surface area contributed by atoms with Crippen LogP contribution in [0.4, 0.5) is 4.79 Å². The Kier molecular flexibility index (Phi) is 4.45. The van der Waals surface area contributed by atoms with Gasteiger partial charge in [0.2, 0.25) is 5.91 Å². The molecule has 110 valence electrons. The summed E-state index contributed by atoms with van der Waals surface area (Å²) in [6.07, 6.45) is 0.942. The molecular weight excluding hydrogens is 246 g/mol. The predicted molar refractivity (Wildman–Crippen MR) is 72.4 cm³/mol. The number of hydrogen-bond donors (Lipinski definition) is 2. The Morgan fingerprint density at radius 1 is 1.42 bits per heavy atom. The van der Waals surface area contributed by atoms with Gasteiger partial charge in [-0.2, -0.15) is 0 Å². The molecule has 0 saturated carbocycles. The van der Waals surface area contributed by atoms with Crippen molar-refractivity contribution in [1.82, 2.24) is 4.90 Å². The third kappa shape index (κ3) is 3.83. The smallest absolute Gasteiger partial charge is 0.410 e. The minimum atomic E-state index is -0.739. The number of amides is 2. The zero-order valence-corrected chi connectivity index (χ0v) is 12.2. The standard InChI is InChI=1S/C13H25N3O3/c1-5-9-13(15,8-10(14)17)6-7-16(9)11(18)19-12(2,3)4/h9H,5-8,15H2,1-4H3,(H2,14,17). The average molecular weight is 271 g/mol. The first kappa shape index (κ1) is 15.8. The van der Waals surface area contributed by atoms with Crippen molar-refractivity contribution in [3.63, 3.8) is 0 Å². The van der Waals surface area contributed by atoms with Crippen molar-refractivity contribution in [1.29, 1.82) is 0 Å². The van der Waals surface area contributed by atoms with E-state index in [0.29, 0.717) is 19.4 Å². The average Bonchev–Trinajstić information content (AvgIpc) is 2.51. The number of nitrogens with two attached hydrogens (primary N) is 2. The third-order valence-electron chi connectivity index (χ3n) is 3.38. The molecule has 2 atom stereocenters. The summed E-state index contributed by atoms with van der Waals surface area (Å²) in [6.45, 7) is 7.90. The van der Waals surface area contributed by atoms with Crippen LogP contribution < -0.4 is 11.5 Å². The van der Waals surface area contributed by atoms with Crippen molar-refractivity contribution in [2.24, 2.45) is 11.5 Å². The number of hydrogen-bond acceptors (Lipinski definition) is 4. The molecule has 1 aliphatic heterocycles. The van der Waals surface area contributed by atoms with Crippen molar-refractivity contribution in [2.75, 3.05) is 6.54 Å². The molecule has 0 radical (unpaired) electrons. The lowest BCUT2D eigenvalue weighted by Gasteiger charge is -2.34. The van der Waals surface area contributed by atoms with Crippen molar-refractivity contribution < 1.29 is 14.3 Å². The van der Waals surface area contributed by atoms with Gasteiger partial charge in [-0.05, 0) is 33.6 Å². The number of carbonyl (C=O) groups excluding carboxylic acids is 2. The summed E-state index contributed by atoms with van der Waals surface area (Å²) >= 11 is 0. The fourth-order valence-electron chi connectivity index (χ4n) is 2.66. The number of ether oxygens (including phenoxy) is 1. The van der Waals surface area contributed by atoms with E-state index in [-0.39, 0.29) is 18.6 Å². The summed E-state index contributed by atoms with van der Waals surface area (Å²) in [5.74, 6) is -0.438. The first-order valence-corrected chi connectivity index (χ1v) is 6.66. The van der Waals surface area contributed by atoms with E-state index in [9.17, 15) is 9.59 Å². The van der Waals surface area contributed by atoms with Crippen LogP contribution in [0, 0.1) is 0 Å². The van der Waals surface area contributed by atoms with Gasteiger partial charge in [-0.1, -0.05) is 6.92 Å². The molecule has 0 bridgehead atoms. The van der Waals surface area contributed by atoms with Crippen LogP contribution in [-0.2, 0) is 9.53 Å². The molecule has 2 amide bonds. The zero-order valence-electron chi connectivity index (χ0n) is 12.2. The molecule has 19 heavy (non-hydrogen) atoms. The summed E-state index contributed by atoms with van der Waals surface area (Å²) < 4.78 is 5.37. The fraction of sp³-hybridized carbons (Fsp3) is 0.846. The Bertz CT molecular complexity index is 365. The van der Waals surface area contributed by atoms with Crippen LogP contribution in [0.2, 0.25) is 0 Å². The van der Waals surface area contributed by atoms with E-state index in [0.717, 1.165) is 0 Å². The lowest BCUT2D eigenvalue weighted by Crippen LogP contribution is -2.54.